The first-order chi connectivity index (χ1) is 17.9. The number of aryl methyl sites for hydroxylation is 1. The lowest BCUT2D eigenvalue weighted by atomic mass is 10.1. The van der Waals surface area contributed by atoms with Crippen LogP contribution in [-0.2, 0) is 0 Å². The molecule has 8 nitrogen and oxygen atoms in total. The lowest BCUT2D eigenvalue weighted by Crippen LogP contribution is -2.50. The van der Waals surface area contributed by atoms with Crippen LogP contribution in [0.25, 0.3) is 16.7 Å². The molecule has 0 radical (unpaired) electrons. The maximum absolute atomic E-state index is 13.6. The molecule has 1 aliphatic rings. The number of amides is 2. The van der Waals surface area contributed by atoms with Crippen molar-refractivity contribution in [1.82, 2.24) is 24.6 Å². The Balaban J connectivity index is 1.46. The average Bonchev–Trinajstić information content (AvgIpc) is 3.25. The number of halogens is 1. The van der Waals surface area contributed by atoms with Gasteiger partial charge in [-0.3, -0.25) is 0 Å². The largest absolute Gasteiger partial charge is 0.352 e. The number of nitrogens with zero attached hydrogens (tertiary/aromatic N) is 6. The molecule has 1 N–H and O–H groups in total. The van der Waals surface area contributed by atoms with Crippen molar-refractivity contribution < 1.29 is 9.18 Å². The first-order valence-electron chi connectivity index (χ1n) is 12.8. The van der Waals surface area contributed by atoms with Gasteiger partial charge in [0.1, 0.15) is 17.5 Å². The molecule has 0 spiro atoms. The molecule has 2 aromatic heterocycles. The Morgan fingerprint density at radius 2 is 1.73 bits per heavy atom. The highest BCUT2D eigenvalue weighted by molar-refractivity contribution is 5.92. The SMILES string of the molecule is CCCC(C)c1nc(N2CCN(C(=O)Nc3ccccc3)CC2)c2c(C)nn(-c3ccc(F)cc3)c2n1. The molecular weight excluding hydrogens is 469 g/mol. The molecule has 1 unspecified atom stereocenters. The molecule has 5 rings (SSSR count). The molecule has 0 aliphatic carbocycles. The highest BCUT2D eigenvalue weighted by atomic mass is 19.1. The summed E-state index contributed by atoms with van der Waals surface area (Å²) >= 11 is 0. The van der Waals surface area contributed by atoms with Crippen molar-refractivity contribution in [3.05, 3.63) is 71.9 Å². The van der Waals surface area contributed by atoms with Gasteiger partial charge in [-0.2, -0.15) is 5.10 Å². The van der Waals surface area contributed by atoms with Crippen LogP contribution in [0.2, 0.25) is 0 Å². The minimum atomic E-state index is -0.293. The van der Waals surface area contributed by atoms with Crippen molar-refractivity contribution in [2.24, 2.45) is 0 Å². The first-order valence-corrected chi connectivity index (χ1v) is 12.8. The summed E-state index contributed by atoms with van der Waals surface area (Å²) in [7, 11) is 0. The van der Waals surface area contributed by atoms with Crippen LogP contribution in [0.5, 0.6) is 0 Å². The molecule has 4 aromatic rings. The van der Waals surface area contributed by atoms with Gasteiger partial charge in [-0.1, -0.05) is 38.5 Å². The standard InChI is InChI=1S/C28H32FN7O/c1-4-8-19(2)25-31-26(24-20(3)33-36(27(24)32-25)23-13-11-21(29)12-14-23)34-15-17-35(18-16-34)28(37)30-22-9-6-5-7-10-22/h5-7,9-14,19H,4,8,15-18H2,1-3H3,(H,30,37). The number of aromatic nitrogens is 4. The lowest BCUT2D eigenvalue weighted by Gasteiger charge is -2.35. The van der Waals surface area contributed by atoms with Crippen molar-refractivity contribution in [2.45, 2.75) is 39.5 Å². The molecule has 9 heteroatoms. The molecule has 1 fully saturated rings. The topological polar surface area (TPSA) is 79.2 Å². The molecule has 2 aromatic carbocycles. The third kappa shape index (κ3) is 5.12. The fourth-order valence-corrected chi connectivity index (χ4v) is 4.80. The lowest BCUT2D eigenvalue weighted by molar-refractivity contribution is 0.208. The van der Waals surface area contributed by atoms with Gasteiger partial charge in [-0.05, 0) is 49.7 Å². The molecule has 1 atom stereocenters. The fraction of sp³-hybridized carbons (Fsp3) is 0.357. The van der Waals surface area contributed by atoms with E-state index < -0.39 is 0 Å². The van der Waals surface area contributed by atoms with Crippen LogP contribution in [-0.4, -0.2) is 56.9 Å². The van der Waals surface area contributed by atoms with Crippen molar-refractivity contribution in [2.75, 3.05) is 36.4 Å². The van der Waals surface area contributed by atoms with E-state index in [4.69, 9.17) is 15.1 Å². The summed E-state index contributed by atoms with van der Waals surface area (Å²) in [6, 6.07) is 15.7. The summed E-state index contributed by atoms with van der Waals surface area (Å²) in [4.78, 5) is 26.9. The molecule has 0 bridgehead atoms. The van der Waals surface area contributed by atoms with Gasteiger partial charge in [0.05, 0.1) is 16.8 Å². The minimum absolute atomic E-state index is 0.101. The number of para-hydroxylation sites is 1. The predicted octanol–water partition coefficient (Wildman–Crippen LogP) is 5.52. The Bertz CT molecular complexity index is 1380. The van der Waals surface area contributed by atoms with Crippen LogP contribution in [0.4, 0.5) is 20.7 Å². The molecule has 37 heavy (non-hydrogen) atoms. The van der Waals surface area contributed by atoms with Crippen LogP contribution in [0.3, 0.4) is 0 Å². The molecule has 1 saturated heterocycles. The number of nitrogens with one attached hydrogen (secondary N) is 1. The van der Waals surface area contributed by atoms with E-state index in [9.17, 15) is 9.18 Å². The van der Waals surface area contributed by atoms with Gasteiger partial charge in [-0.15, -0.1) is 0 Å². The number of piperazine rings is 1. The van der Waals surface area contributed by atoms with Gasteiger partial charge in [-0.25, -0.2) is 23.8 Å². The van der Waals surface area contributed by atoms with Gasteiger partial charge in [0.25, 0.3) is 0 Å². The van der Waals surface area contributed by atoms with Crippen molar-refractivity contribution in [3.63, 3.8) is 0 Å². The number of urea groups is 1. The molecule has 3 heterocycles. The Morgan fingerprint density at radius 1 is 1.03 bits per heavy atom. The quantitative estimate of drug-likeness (QED) is 0.376. The first kappa shape index (κ1) is 24.7. The smallest absolute Gasteiger partial charge is 0.321 e. The monoisotopic (exact) mass is 501 g/mol. The number of fused-ring (bicyclic) bond motifs is 1. The zero-order valence-electron chi connectivity index (χ0n) is 21.5. The van der Waals surface area contributed by atoms with E-state index in [1.54, 1.807) is 16.8 Å². The normalized spacial score (nSPS) is 14.7. The van der Waals surface area contributed by atoms with E-state index in [0.717, 1.165) is 52.6 Å². The summed E-state index contributed by atoms with van der Waals surface area (Å²) < 4.78 is 15.4. The van der Waals surface area contributed by atoms with Gasteiger partial charge in [0.15, 0.2) is 5.65 Å². The van der Waals surface area contributed by atoms with E-state index in [1.807, 2.05) is 42.2 Å². The highest BCUT2D eigenvalue weighted by Crippen LogP contribution is 2.32. The van der Waals surface area contributed by atoms with Gasteiger partial charge in [0, 0.05) is 37.8 Å². The van der Waals surface area contributed by atoms with Crippen molar-refractivity contribution in [1.29, 1.82) is 0 Å². The Kier molecular flexibility index (Phi) is 7.03. The Hall–Kier alpha value is -4.01. The Morgan fingerprint density at radius 3 is 2.41 bits per heavy atom. The van der Waals surface area contributed by atoms with Gasteiger partial charge >= 0.3 is 6.03 Å². The maximum atomic E-state index is 13.6. The van der Waals surface area contributed by atoms with Crippen LogP contribution < -0.4 is 10.2 Å². The van der Waals surface area contributed by atoms with E-state index in [1.165, 1.54) is 12.1 Å². The molecule has 0 saturated carbocycles. The van der Waals surface area contributed by atoms with Crippen LogP contribution >= 0.6 is 0 Å². The number of hydrogen-bond acceptors (Lipinski definition) is 5. The molecule has 2 amide bonds. The number of benzene rings is 2. The maximum Gasteiger partial charge on any atom is 0.321 e. The average molecular weight is 502 g/mol. The number of rotatable bonds is 6. The number of anilines is 2. The van der Waals surface area contributed by atoms with Crippen LogP contribution in [0, 0.1) is 12.7 Å². The third-order valence-corrected chi connectivity index (χ3v) is 6.83. The van der Waals surface area contributed by atoms with E-state index in [2.05, 4.69) is 24.1 Å². The summed E-state index contributed by atoms with van der Waals surface area (Å²) in [5.74, 6) is 1.51. The number of hydrogen-bond donors (Lipinski definition) is 1. The summed E-state index contributed by atoms with van der Waals surface area (Å²) in [5.41, 5.74) is 3.07. The number of carbonyl (C=O) groups excluding carboxylic acids is 1. The van der Waals surface area contributed by atoms with Crippen LogP contribution in [0.1, 0.15) is 44.1 Å². The predicted molar refractivity (Wildman–Crippen MR) is 144 cm³/mol. The van der Waals surface area contributed by atoms with Gasteiger partial charge in [0.2, 0.25) is 0 Å². The summed E-state index contributed by atoms with van der Waals surface area (Å²) in [5, 5.41) is 8.63. The number of carbonyl (C=O) groups is 1. The van der Waals surface area contributed by atoms with Crippen molar-refractivity contribution in [3.8, 4) is 5.69 Å². The van der Waals surface area contributed by atoms with Crippen molar-refractivity contribution >= 4 is 28.6 Å². The highest BCUT2D eigenvalue weighted by Gasteiger charge is 2.27. The van der Waals surface area contributed by atoms with Crippen LogP contribution in [0.15, 0.2) is 54.6 Å². The molecular formula is C28H32FN7O. The fourth-order valence-electron chi connectivity index (χ4n) is 4.80. The van der Waals surface area contributed by atoms with E-state index >= 15 is 0 Å². The zero-order chi connectivity index (χ0) is 25.9. The molecule has 192 valence electrons. The summed E-state index contributed by atoms with van der Waals surface area (Å²) in [6.07, 6.45) is 2.01. The Labute approximate surface area is 216 Å². The van der Waals surface area contributed by atoms with E-state index in [-0.39, 0.29) is 17.8 Å². The van der Waals surface area contributed by atoms with E-state index in [0.29, 0.717) is 26.2 Å². The second-order valence-corrected chi connectivity index (χ2v) is 9.54. The second kappa shape index (κ2) is 10.5. The second-order valence-electron chi connectivity index (χ2n) is 9.54. The zero-order valence-corrected chi connectivity index (χ0v) is 21.5. The minimum Gasteiger partial charge on any atom is -0.352 e. The molecule has 1 aliphatic heterocycles. The summed E-state index contributed by atoms with van der Waals surface area (Å²) in [6.45, 7) is 8.71. The van der Waals surface area contributed by atoms with Gasteiger partial charge < -0.3 is 15.1 Å². The third-order valence-electron chi connectivity index (χ3n) is 6.83.